The molecule has 0 saturated carbocycles. The molecule has 0 aliphatic heterocycles. The Labute approximate surface area is 121 Å². The van der Waals surface area contributed by atoms with Gasteiger partial charge >= 0.3 is 0 Å². The zero-order valence-corrected chi connectivity index (χ0v) is 12.6. The van der Waals surface area contributed by atoms with Crippen molar-refractivity contribution in [3.8, 4) is 5.75 Å². The van der Waals surface area contributed by atoms with Crippen molar-refractivity contribution in [3.63, 3.8) is 0 Å². The van der Waals surface area contributed by atoms with E-state index in [1.165, 1.54) is 16.7 Å². The lowest BCUT2D eigenvalue weighted by atomic mass is 9.97. The van der Waals surface area contributed by atoms with E-state index in [1.807, 2.05) is 6.92 Å². The molecule has 3 heteroatoms. The third-order valence-electron chi connectivity index (χ3n) is 3.88. The fourth-order valence-corrected chi connectivity index (χ4v) is 2.99. The van der Waals surface area contributed by atoms with Gasteiger partial charge in [-0.2, -0.15) is 0 Å². The number of hydrogen-bond acceptors (Lipinski definition) is 3. The first-order valence-electron chi connectivity index (χ1n) is 7.39. The van der Waals surface area contributed by atoms with Gasteiger partial charge in [0, 0.05) is 12.5 Å². The third kappa shape index (κ3) is 3.34. The minimum absolute atomic E-state index is 0.259. The monoisotopic (exact) mass is 275 g/mol. The molecule has 0 saturated heterocycles. The molecule has 0 aromatic heterocycles. The molecule has 1 aromatic carbocycles. The summed E-state index contributed by atoms with van der Waals surface area (Å²) in [6.45, 7) is 6.61. The van der Waals surface area contributed by atoms with Crippen LogP contribution in [0.15, 0.2) is 24.5 Å². The molecule has 1 aromatic rings. The summed E-state index contributed by atoms with van der Waals surface area (Å²) in [5, 5.41) is 0. The number of hydrogen-bond donors (Lipinski definition) is 1. The van der Waals surface area contributed by atoms with Gasteiger partial charge in [-0.3, -0.25) is 0 Å². The van der Waals surface area contributed by atoms with Crippen LogP contribution in [0.4, 0.5) is 0 Å². The highest BCUT2D eigenvalue weighted by atomic mass is 16.5. The quantitative estimate of drug-likeness (QED) is 0.778. The Morgan fingerprint density at radius 1 is 1.40 bits per heavy atom. The summed E-state index contributed by atoms with van der Waals surface area (Å²) >= 11 is 0. The molecule has 0 radical (unpaired) electrons. The smallest absolute Gasteiger partial charge is 0.122 e. The highest BCUT2D eigenvalue weighted by molar-refractivity contribution is 5.48. The van der Waals surface area contributed by atoms with E-state index < -0.39 is 0 Å². The van der Waals surface area contributed by atoms with Gasteiger partial charge in [0.05, 0.1) is 19.5 Å². The molecule has 1 unspecified atom stereocenters. The topological polar surface area (TPSA) is 44.5 Å². The molecule has 0 bridgehead atoms. The molecule has 0 fully saturated rings. The van der Waals surface area contributed by atoms with Crippen LogP contribution in [0.2, 0.25) is 0 Å². The second-order valence-corrected chi connectivity index (χ2v) is 5.38. The molecule has 1 aliphatic carbocycles. The van der Waals surface area contributed by atoms with Crippen LogP contribution in [-0.2, 0) is 24.0 Å². The van der Waals surface area contributed by atoms with Gasteiger partial charge in [0.15, 0.2) is 0 Å². The van der Waals surface area contributed by atoms with E-state index in [2.05, 4.69) is 18.7 Å². The lowest BCUT2D eigenvalue weighted by Gasteiger charge is -2.14. The standard InChI is InChI=1S/C17H25NO2/c1-4-20-12(2)6-5-7-15-16-11-14(18)10-13(16)8-9-17(15)19-3/h8-9,14H,2,4-7,10-11,18H2,1,3H3. The summed E-state index contributed by atoms with van der Waals surface area (Å²) in [5.74, 6) is 1.86. The van der Waals surface area contributed by atoms with Gasteiger partial charge in [-0.25, -0.2) is 0 Å². The minimum Gasteiger partial charge on any atom is -0.499 e. The molecular weight excluding hydrogens is 250 g/mol. The lowest BCUT2D eigenvalue weighted by molar-refractivity contribution is 0.218. The van der Waals surface area contributed by atoms with Crippen LogP contribution in [0, 0.1) is 0 Å². The number of nitrogens with two attached hydrogens (primary N) is 1. The van der Waals surface area contributed by atoms with Crippen molar-refractivity contribution in [2.45, 2.75) is 45.1 Å². The zero-order valence-electron chi connectivity index (χ0n) is 12.6. The largest absolute Gasteiger partial charge is 0.499 e. The second kappa shape index (κ2) is 6.80. The predicted octanol–water partition coefficient (Wildman–Crippen LogP) is 2.99. The maximum Gasteiger partial charge on any atom is 0.122 e. The van der Waals surface area contributed by atoms with Gasteiger partial charge in [-0.15, -0.1) is 0 Å². The van der Waals surface area contributed by atoms with E-state index in [1.54, 1.807) is 7.11 Å². The summed E-state index contributed by atoms with van der Waals surface area (Å²) < 4.78 is 10.9. The van der Waals surface area contributed by atoms with E-state index in [9.17, 15) is 0 Å². The van der Waals surface area contributed by atoms with Gasteiger partial charge in [-0.1, -0.05) is 12.6 Å². The van der Waals surface area contributed by atoms with Crippen molar-refractivity contribution in [1.29, 1.82) is 0 Å². The number of rotatable bonds is 7. The molecule has 1 atom stereocenters. The first-order valence-corrected chi connectivity index (χ1v) is 7.39. The van der Waals surface area contributed by atoms with Crippen LogP contribution >= 0.6 is 0 Å². The minimum atomic E-state index is 0.259. The molecule has 3 nitrogen and oxygen atoms in total. The molecule has 2 rings (SSSR count). The fraction of sp³-hybridized carbons (Fsp3) is 0.529. The van der Waals surface area contributed by atoms with E-state index in [4.69, 9.17) is 15.2 Å². The summed E-state index contributed by atoms with van der Waals surface area (Å²) in [6.07, 6.45) is 4.87. The molecule has 0 spiro atoms. The Kier molecular flexibility index (Phi) is 5.07. The van der Waals surface area contributed by atoms with Gasteiger partial charge in [0.25, 0.3) is 0 Å². The highest BCUT2D eigenvalue weighted by Crippen LogP contribution is 2.32. The van der Waals surface area contributed by atoms with Crippen molar-refractivity contribution >= 4 is 0 Å². The third-order valence-corrected chi connectivity index (χ3v) is 3.88. The number of methoxy groups -OCH3 is 1. The Balaban J connectivity index is 2.07. The lowest BCUT2D eigenvalue weighted by Crippen LogP contribution is -2.19. The van der Waals surface area contributed by atoms with Crippen LogP contribution in [0.5, 0.6) is 5.75 Å². The summed E-state index contributed by atoms with van der Waals surface area (Å²) in [7, 11) is 1.74. The van der Waals surface area contributed by atoms with Crippen LogP contribution in [0.1, 0.15) is 36.5 Å². The van der Waals surface area contributed by atoms with Crippen molar-refractivity contribution in [2.75, 3.05) is 13.7 Å². The fourth-order valence-electron chi connectivity index (χ4n) is 2.99. The van der Waals surface area contributed by atoms with E-state index >= 15 is 0 Å². The van der Waals surface area contributed by atoms with E-state index in [-0.39, 0.29) is 6.04 Å². The summed E-state index contributed by atoms with van der Waals surface area (Å²) in [5.41, 5.74) is 10.2. The van der Waals surface area contributed by atoms with Gasteiger partial charge in [0.1, 0.15) is 5.75 Å². The predicted molar refractivity (Wildman–Crippen MR) is 82.1 cm³/mol. The van der Waals surface area contributed by atoms with E-state index in [0.29, 0.717) is 6.61 Å². The summed E-state index contributed by atoms with van der Waals surface area (Å²) in [4.78, 5) is 0. The van der Waals surface area contributed by atoms with Gasteiger partial charge in [-0.05, 0) is 55.4 Å². The van der Waals surface area contributed by atoms with Crippen molar-refractivity contribution in [3.05, 3.63) is 41.2 Å². The molecule has 0 heterocycles. The second-order valence-electron chi connectivity index (χ2n) is 5.38. The summed E-state index contributed by atoms with van der Waals surface area (Å²) in [6, 6.07) is 4.49. The van der Waals surface area contributed by atoms with Crippen molar-refractivity contribution < 1.29 is 9.47 Å². The Morgan fingerprint density at radius 2 is 2.20 bits per heavy atom. The molecule has 2 N–H and O–H groups in total. The molecule has 1 aliphatic rings. The van der Waals surface area contributed by atoms with Crippen LogP contribution in [0.25, 0.3) is 0 Å². The first kappa shape index (κ1) is 14.9. The average molecular weight is 275 g/mol. The Bertz CT molecular complexity index is 482. The number of ether oxygens (including phenoxy) is 2. The van der Waals surface area contributed by atoms with Gasteiger partial charge < -0.3 is 15.2 Å². The van der Waals surface area contributed by atoms with Gasteiger partial charge in [0.2, 0.25) is 0 Å². The normalized spacial score (nSPS) is 16.9. The average Bonchev–Trinajstić information content (AvgIpc) is 2.80. The van der Waals surface area contributed by atoms with Crippen LogP contribution < -0.4 is 10.5 Å². The SMILES string of the molecule is C=C(CCCc1c(OC)ccc2c1CC(N)C2)OCC. The maximum atomic E-state index is 6.09. The number of allylic oxidation sites excluding steroid dienone is 1. The first-order chi connectivity index (χ1) is 9.65. The molecule has 20 heavy (non-hydrogen) atoms. The van der Waals surface area contributed by atoms with Crippen molar-refractivity contribution in [2.24, 2.45) is 5.73 Å². The molecule has 0 amide bonds. The number of benzene rings is 1. The van der Waals surface area contributed by atoms with Crippen LogP contribution in [-0.4, -0.2) is 19.8 Å². The Morgan fingerprint density at radius 3 is 2.90 bits per heavy atom. The van der Waals surface area contributed by atoms with Crippen LogP contribution in [0.3, 0.4) is 0 Å². The Hall–Kier alpha value is -1.48. The molecular formula is C17H25NO2. The van der Waals surface area contributed by atoms with E-state index in [0.717, 1.165) is 43.6 Å². The number of fused-ring (bicyclic) bond motifs is 1. The molecule has 110 valence electrons. The maximum absolute atomic E-state index is 6.09. The highest BCUT2D eigenvalue weighted by Gasteiger charge is 2.23. The zero-order chi connectivity index (χ0) is 14.5. The van der Waals surface area contributed by atoms with Crippen molar-refractivity contribution in [1.82, 2.24) is 0 Å².